The topological polar surface area (TPSA) is 71.2 Å². The Morgan fingerprint density at radius 2 is 1.70 bits per heavy atom. The molecule has 1 heterocycles. The number of carbonyl (C=O) groups is 1. The molecule has 0 bridgehead atoms. The average molecular weight is 376 g/mol. The standard InChI is InChI=1S/C19H15F3N2O3/c1-27-12-8-6-11(7-9-12)16(19(20,21)22)24-18(26)15-10-23-17(25)14-5-3-2-4-13(14)15/h2-10,16H,1H3,(H,23,25)(H,24,26)/t16-/m0/s1. The fraction of sp³-hybridized carbons (Fsp3) is 0.158. The van der Waals surface area contributed by atoms with E-state index in [9.17, 15) is 22.8 Å². The molecule has 1 amide bonds. The molecule has 0 spiro atoms. The lowest BCUT2D eigenvalue weighted by Gasteiger charge is -2.22. The van der Waals surface area contributed by atoms with Gasteiger partial charge in [0.25, 0.3) is 11.5 Å². The number of rotatable bonds is 4. The minimum absolute atomic E-state index is 0.0482. The van der Waals surface area contributed by atoms with Crippen LogP contribution in [0.1, 0.15) is 22.0 Å². The summed E-state index contributed by atoms with van der Waals surface area (Å²) in [5.41, 5.74) is -0.608. The van der Waals surface area contributed by atoms with Gasteiger partial charge in [-0.25, -0.2) is 0 Å². The summed E-state index contributed by atoms with van der Waals surface area (Å²) < 4.78 is 45.6. The van der Waals surface area contributed by atoms with Gasteiger partial charge in [-0.1, -0.05) is 30.3 Å². The minimum Gasteiger partial charge on any atom is -0.497 e. The summed E-state index contributed by atoms with van der Waals surface area (Å²) in [5.74, 6) is -0.543. The van der Waals surface area contributed by atoms with Crippen molar-refractivity contribution in [2.45, 2.75) is 12.2 Å². The maximum Gasteiger partial charge on any atom is 0.412 e. The highest BCUT2D eigenvalue weighted by molar-refractivity contribution is 6.06. The van der Waals surface area contributed by atoms with Crippen molar-refractivity contribution in [3.8, 4) is 5.75 Å². The van der Waals surface area contributed by atoms with E-state index in [0.717, 1.165) is 6.20 Å². The molecule has 3 rings (SSSR count). The SMILES string of the molecule is COc1ccc([C@H](NC(=O)c2c[nH]c(=O)c3ccccc23)C(F)(F)F)cc1. The number of fused-ring (bicyclic) bond motifs is 1. The molecule has 2 N–H and O–H groups in total. The molecule has 2 aromatic carbocycles. The van der Waals surface area contributed by atoms with Crippen molar-refractivity contribution in [3.05, 3.63) is 76.2 Å². The normalized spacial score (nSPS) is 12.6. The Hall–Kier alpha value is -3.29. The van der Waals surface area contributed by atoms with Crippen molar-refractivity contribution >= 4 is 16.7 Å². The Labute approximate surface area is 151 Å². The van der Waals surface area contributed by atoms with Crippen LogP contribution in [0.2, 0.25) is 0 Å². The molecule has 8 heteroatoms. The van der Waals surface area contributed by atoms with E-state index < -0.39 is 23.7 Å². The van der Waals surface area contributed by atoms with Crippen LogP contribution in [0.5, 0.6) is 5.75 Å². The van der Waals surface area contributed by atoms with Crippen LogP contribution in [0.25, 0.3) is 10.8 Å². The van der Waals surface area contributed by atoms with Gasteiger partial charge in [0, 0.05) is 17.0 Å². The van der Waals surface area contributed by atoms with Crippen LogP contribution in [0.3, 0.4) is 0 Å². The predicted octanol–water partition coefficient (Wildman–Crippen LogP) is 3.57. The van der Waals surface area contributed by atoms with Gasteiger partial charge in [-0.2, -0.15) is 13.2 Å². The predicted molar refractivity (Wildman–Crippen MR) is 93.8 cm³/mol. The molecule has 0 fully saturated rings. The molecule has 0 aliphatic carbocycles. The number of alkyl halides is 3. The van der Waals surface area contributed by atoms with Gasteiger partial charge in [0.05, 0.1) is 12.7 Å². The van der Waals surface area contributed by atoms with Crippen LogP contribution in [-0.2, 0) is 0 Å². The average Bonchev–Trinajstić information content (AvgIpc) is 2.66. The Balaban J connectivity index is 1.98. The molecule has 140 valence electrons. The van der Waals surface area contributed by atoms with Crippen LogP contribution in [0.15, 0.2) is 59.5 Å². The molecule has 0 unspecified atom stereocenters. The summed E-state index contributed by atoms with van der Waals surface area (Å²) in [6.45, 7) is 0. The lowest BCUT2D eigenvalue weighted by Crippen LogP contribution is -2.38. The van der Waals surface area contributed by atoms with Gasteiger partial charge < -0.3 is 15.0 Å². The molecule has 0 radical (unpaired) electrons. The van der Waals surface area contributed by atoms with Gasteiger partial charge in [0.15, 0.2) is 6.04 Å². The highest BCUT2D eigenvalue weighted by atomic mass is 19.4. The second kappa shape index (κ2) is 7.14. The number of carbonyl (C=O) groups excluding carboxylic acids is 1. The van der Waals surface area contributed by atoms with Gasteiger partial charge in [0.2, 0.25) is 0 Å². The molecular formula is C19H15F3N2O3. The number of pyridine rings is 1. The molecule has 1 atom stereocenters. The second-order valence-corrected chi connectivity index (χ2v) is 5.80. The number of ether oxygens (including phenoxy) is 1. The quantitative estimate of drug-likeness (QED) is 0.731. The summed E-state index contributed by atoms with van der Waals surface area (Å²) in [5, 5.41) is 2.50. The zero-order valence-electron chi connectivity index (χ0n) is 14.1. The first-order valence-electron chi connectivity index (χ1n) is 7.93. The first-order valence-corrected chi connectivity index (χ1v) is 7.93. The van der Waals surface area contributed by atoms with Crippen molar-refractivity contribution in [2.75, 3.05) is 7.11 Å². The lowest BCUT2D eigenvalue weighted by atomic mass is 10.0. The Kier molecular flexibility index (Phi) is 4.89. The van der Waals surface area contributed by atoms with E-state index in [4.69, 9.17) is 4.74 Å². The maximum absolute atomic E-state index is 13.5. The number of aromatic nitrogens is 1. The third-order valence-electron chi connectivity index (χ3n) is 4.11. The number of benzene rings is 2. The van der Waals surface area contributed by atoms with E-state index in [1.54, 1.807) is 12.1 Å². The van der Waals surface area contributed by atoms with E-state index in [0.29, 0.717) is 5.75 Å². The van der Waals surface area contributed by atoms with Crippen LogP contribution in [0.4, 0.5) is 13.2 Å². The summed E-state index contributed by atoms with van der Waals surface area (Å²) in [4.78, 5) is 26.8. The fourth-order valence-corrected chi connectivity index (χ4v) is 2.76. The van der Waals surface area contributed by atoms with Crippen LogP contribution in [0, 0.1) is 0 Å². The number of amides is 1. The van der Waals surface area contributed by atoms with Crippen LogP contribution < -0.4 is 15.6 Å². The monoisotopic (exact) mass is 376 g/mol. The van der Waals surface area contributed by atoms with E-state index in [1.807, 2.05) is 5.32 Å². The van der Waals surface area contributed by atoms with E-state index >= 15 is 0 Å². The third kappa shape index (κ3) is 3.79. The van der Waals surface area contributed by atoms with Crippen molar-refractivity contribution < 1.29 is 22.7 Å². The zero-order valence-corrected chi connectivity index (χ0v) is 14.1. The summed E-state index contributed by atoms with van der Waals surface area (Å²) >= 11 is 0. The van der Waals surface area contributed by atoms with Gasteiger partial charge in [-0.3, -0.25) is 9.59 Å². The molecule has 0 aliphatic heterocycles. The van der Waals surface area contributed by atoms with E-state index in [1.165, 1.54) is 43.5 Å². The number of H-pyrrole nitrogens is 1. The second-order valence-electron chi connectivity index (χ2n) is 5.80. The third-order valence-corrected chi connectivity index (χ3v) is 4.11. The molecule has 1 aromatic heterocycles. The number of halogens is 3. The molecule has 0 saturated carbocycles. The maximum atomic E-state index is 13.5. The van der Waals surface area contributed by atoms with Gasteiger partial charge in [-0.15, -0.1) is 0 Å². The summed E-state index contributed by atoms with van der Waals surface area (Å²) in [7, 11) is 1.40. The molecule has 0 saturated heterocycles. The smallest absolute Gasteiger partial charge is 0.412 e. The number of nitrogens with one attached hydrogen (secondary N) is 2. The number of hydrogen-bond donors (Lipinski definition) is 2. The molecule has 27 heavy (non-hydrogen) atoms. The highest BCUT2D eigenvalue weighted by Gasteiger charge is 2.42. The number of hydrogen-bond acceptors (Lipinski definition) is 3. The molecule has 5 nitrogen and oxygen atoms in total. The summed E-state index contributed by atoms with van der Waals surface area (Å²) in [6.07, 6.45) is -3.59. The van der Waals surface area contributed by atoms with Crippen molar-refractivity contribution in [1.82, 2.24) is 10.3 Å². The van der Waals surface area contributed by atoms with E-state index in [-0.39, 0.29) is 21.9 Å². The van der Waals surface area contributed by atoms with Gasteiger partial charge >= 0.3 is 6.18 Å². The zero-order chi connectivity index (χ0) is 19.6. The van der Waals surface area contributed by atoms with Crippen molar-refractivity contribution in [2.24, 2.45) is 0 Å². The molecule has 0 aliphatic rings. The van der Waals surface area contributed by atoms with Crippen LogP contribution in [-0.4, -0.2) is 24.2 Å². The Morgan fingerprint density at radius 1 is 1.07 bits per heavy atom. The number of aromatic amines is 1. The minimum atomic E-state index is -4.71. The largest absolute Gasteiger partial charge is 0.497 e. The molecule has 3 aromatic rings. The van der Waals surface area contributed by atoms with Crippen molar-refractivity contribution in [3.63, 3.8) is 0 Å². The first-order chi connectivity index (χ1) is 12.8. The highest BCUT2D eigenvalue weighted by Crippen LogP contribution is 2.34. The lowest BCUT2D eigenvalue weighted by molar-refractivity contribution is -0.155. The Morgan fingerprint density at radius 3 is 2.30 bits per heavy atom. The van der Waals surface area contributed by atoms with E-state index in [2.05, 4.69) is 4.98 Å². The van der Waals surface area contributed by atoms with Crippen molar-refractivity contribution in [1.29, 1.82) is 0 Å². The summed E-state index contributed by atoms with van der Waals surface area (Å²) in [6, 6.07) is 9.25. The van der Waals surface area contributed by atoms with Crippen LogP contribution >= 0.6 is 0 Å². The molecular weight excluding hydrogens is 361 g/mol. The Bertz CT molecular complexity index is 1030. The number of methoxy groups -OCH3 is 1. The first kappa shape index (κ1) is 18.5. The fourth-order valence-electron chi connectivity index (χ4n) is 2.76. The van der Waals surface area contributed by atoms with Gasteiger partial charge in [0.1, 0.15) is 5.75 Å². The van der Waals surface area contributed by atoms with Gasteiger partial charge in [-0.05, 0) is 23.8 Å².